The zero-order chi connectivity index (χ0) is 24.1. The number of hydrogen-bond donors (Lipinski definition) is 1. The van der Waals surface area contributed by atoms with Crippen LogP contribution in [0.4, 0.5) is 11.4 Å². The Kier molecular flexibility index (Phi) is 5.79. The zero-order valence-corrected chi connectivity index (χ0v) is 20.6. The van der Waals surface area contributed by atoms with Crippen LogP contribution in [0.5, 0.6) is 0 Å². The van der Waals surface area contributed by atoms with E-state index in [9.17, 15) is 18.0 Å². The number of sulfonamides is 1. The Morgan fingerprint density at radius 3 is 2.09 bits per heavy atom. The van der Waals surface area contributed by atoms with E-state index in [1.807, 2.05) is 12.1 Å². The molecular formula is C27H32N2O4S. The predicted molar refractivity (Wildman–Crippen MR) is 134 cm³/mol. The van der Waals surface area contributed by atoms with Crippen LogP contribution in [0.1, 0.15) is 61.4 Å². The molecule has 0 aromatic heterocycles. The van der Waals surface area contributed by atoms with Crippen LogP contribution in [0, 0.1) is 17.8 Å². The molecule has 6 nitrogen and oxygen atoms in total. The molecule has 6 rings (SSSR count). The first kappa shape index (κ1) is 23.1. The summed E-state index contributed by atoms with van der Waals surface area (Å²) in [4.78, 5) is 24.5. The molecule has 0 atom stereocenters. The third-order valence-corrected chi connectivity index (χ3v) is 9.19. The molecule has 0 unspecified atom stereocenters. The molecule has 0 aliphatic heterocycles. The lowest BCUT2D eigenvalue weighted by atomic mass is 9.48. The number of ketones is 1. The summed E-state index contributed by atoms with van der Waals surface area (Å²) >= 11 is 0. The largest absolute Gasteiger partial charge is 0.325 e. The number of carbonyl (C=O) groups excluding carboxylic acids is 2. The highest BCUT2D eigenvalue weighted by molar-refractivity contribution is 7.92. The van der Waals surface area contributed by atoms with E-state index in [0.717, 1.165) is 28.3 Å². The van der Waals surface area contributed by atoms with Gasteiger partial charge in [-0.3, -0.25) is 13.9 Å². The lowest BCUT2D eigenvalue weighted by Crippen LogP contribution is -2.48. The molecule has 7 heteroatoms. The second-order valence-electron chi connectivity index (χ2n) is 10.7. The Morgan fingerprint density at radius 2 is 1.56 bits per heavy atom. The van der Waals surface area contributed by atoms with Gasteiger partial charge in [0.05, 0.1) is 11.9 Å². The quantitative estimate of drug-likeness (QED) is 0.579. The van der Waals surface area contributed by atoms with Gasteiger partial charge in [0, 0.05) is 11.3 Å². The van der Waals surface area contributed by atoms with Crippen molar-refractivity contribution >= 4 is 33.1 Å². The van der Waals surface area contributed by atoms with Gasteiger partial charge in [-0.25, -0.2) is 8.42 Å². The van der Waals surface area contributed by atoms with E-state index in [2.05, 4.69) is 17.4 Å². The molecule has 0 heterocycles. The zero-order valence-electron chi connectivity index (χ0n) is 19.8. The Balaban J connectivity index is 1.29. The molecule has 2 aromatic carbocycles. The minimum Gasteiger partial charge on any atom is -0.325 e. The van der Waals surface area contributed by atoms with Crippen molar-refractivity contribution in [2.24, 2.45) is 17.8 Å². The lowest BCUT2D eigenvalue weighted by molar-refractivity contribution is -0.114. The minimum atomic E-state index is -3.72. The van der Waals surface area contributed by atoms with Crippen LogP contribution in [-0.2, 0) is 20.2 Å². The van der Waals surface area contributed by atoms with E-state index >= 15 is 0 Å². The van der Waals surface area contributed by atoms with Crippen LogP contribution < -0.4 is 9.62 Å². The summed E-state index contributed by atoms with van der Waals surface area (Å²) in [7, 11) is -3.72. The van der Waals surface area contributed by atoms with Gasteiger partial charge < -0.3 is 5.32 Å². The van der Waals surface area contributed by atoms with E-state index in [0.29, 0.717) is 22.4 Å². The Hall–Kier alpha value is -2.67. The highest BCUT2D eigenvalue weighted by Crippen LogP contribution is 2.60. The Morgan fingerprint density at radius 1 is 0.971 bits per heavy atom. The fourth-order valence-corrected chi connectivity index (χ4v) is 7.83. The maximum Gasteiger partial charge on any atom is 0.245 e. The summed E-state index contributed by atoms with van der Waals surface area (Å²) in [5, 5.41) is 2.84. The van der Waals surface area contributed by atoms with E-state index in [4.69, 9.17) is 0 Å². The first-order chi connectivity index (χ1) is 16.1. The monoisotopic (exact) mass is 480 g/mol. The first-order valence-electron chi connectivity index (χ1n) is 12.1. The molecule has 4 bridgehead atoms. The molecule has 2 aromatic rings. The summed E-state index contributed by atoms with van der Waals surface area (Å²) in [5.74, 6) is 2.01. The van der Waals surface area contributed by atoms with Gasteiger partial charge in [0.15, 0.2) is 5.78 Å². The number of amides is 1. The number of rotatable bonds is 7. The fourth-order valence-electron chi connectivity index (χ4n) is 6.98. The van der Waals surface area contributed by atoms with Crippen molar-refractivity contribution in [3.63, 3.8) is 0 Å². The van der Waals surface area contributed by atoms with Crippen molar-refractivity contribution in [3.05, 3.63) is 59.7 Å². The average molecular weight is 481 g/mol. The van der Waals surface area contributed by atoms with Gasteiger partial charge in [-0.2, -0.15) is 0 Å². The second kappa shape index (κ2) is 8.52. The maximum atomic E-state index is 12.8. The average Bonchev–Trinajstić information content (AvgIpc) is 2.76. The van der Waals surface area contributed by atoms with Crippen LogP contribution in [0.15, 0.2) is 48.5 Å². The Bertz CT molecular complexity index is 1180. The van der Waals surface area contributed by atoms with Crippen molar-refractivity contribution in [1.82, 2.24) is 0 Å². The summed E-state index contributed by atoms with van der Waals surface area (Å²) in [6.07, 6.45) is 9.12. The summed E-state index contributed by atoms with van der Waals surface area (Å²) < 4.78 is 25.9. The molecule has 1 amide bonds. The number of anilines is 2. The van der Waals surface area contributed by atoms with Crippen molar-refractivity contribution in [3.8, 4) is 0 Å². The van der Waals surface area contributed by atoms with E-state index < -0.39 is 15.9 Å². The topological polar surface area (TPSA) is 83.6 Å². The molecule has 1 N–H and O–H groups in total. The van der Waals surface area contributed by atoms with Gasteiger partial charge >= 0.3 is 0 Å². The number of hydrogen-bond acceptors (Lipinski definition) is 4. The number of benzene rings is 2. The van der Waals surface area contributed by atoms with Gasteiger partial charge in [0.2, 0.25) is 15.9 Å². The van der Waals surface area contributed by atoms with Gasteiger partial charge in [-0.05, 0) is 98.4 Å². The molecule has 180 valence electrons. The van der Waals surface area contributed by atoms with E-state index in [1.54, 1.807) is 18.2 Å². The molecule has 4 saturated carbocycles. The van der Waals surface area contributed by atoms with Crippen LogP contribution in [0.3, 0.4) is 0 Å². The summed E-state index contributed by atoms with van der Waals surface area (Å²) in [6.45, 7) is 1.06. The smallest absolute Gasteiger partial charge is 0.245 e. The van der Waals surface area contributed by atoms with Gasteiger partial charge in [-0.1, -0.05) is 24.3 Å². The molecule has 4 aliphatic carbocycles. The number of nitrogens with zero attached hydrogens (tertiary/aromatic N) is 1. The number of Topliss-reactive ketones (excluding diaryl/α,β-unsaturated/α-hetero) is 1. The van der Waals surface area contributed by atoms with Crippen LogP contribution >= 0.6 is 0 Å². The molecule has 0 spiro atoms. The molecule has 0 saturated heterocycles. The third-order valence-electron chi connectivity index (χ3n) is 8.05. The summed E-state index contributed by atoms with van der Waals surface area (Å²) in [6, 6.07) is 14.5. The third kappa shape index (κ3) is 4.50. The normalized spacial score (nSPS) is 27.4. The molecular weight excluding hydrogens is 448 g/mol. The lowest BCUT2D eigenvalue weighted by Gasteiger charge is -2.57. The second-order valence-corrected chi connectivity index (χ2v) is 12.6. The van der Waals surface area contributed by atoms with Crippen molar-refractivity contribution in [2.75, 3.05) is 22.4 Å². The molecule has 4 fully saturated rings. The maximum absolute atomic E-state index is 12.8. The van der Waals surface area contributed by atoms with Crippen molar-refractivity contribution in [2.45, 2.75) is 50.9 Å². The Labute approximate surface area is 201 Å². The number of nitrogens with one attached hydrogen (secondary N) is 1. The number of carbonyl (C=O) groups is 2. The molecule has 0 radical (unpaired) electrons. The fraction of sp³-hybridized carbons (Fsp3) is 0.481. The molecule has 34 heavy (non-hydrogen) atoms. The highest BCUT2D eigenvalue weighted by atomic mass is 32.2. The van der Waals surface area contributed by atoms with Crippen LogP contribution in [-0.4, -0.2) is 32.9 Å². The minimum absolute atomic E-state index is 0.168. The van der Waals surface area contributed by atoms with Gasteiger partial charge in [0.1, 0.15) is 6.54 Å². The van der Waals surface area contributed by atoms with Crippen LogP contribution in [0.2, 0.25) is 0 Å². The van der Waals surface area contributed by atoms with Crippen molar-refractivity contribution in [1.29, 1.82) is 0 Å². The van der Waals surface area contributed by atoms with Gasteiger partial charge in [0.25, 0.3) is 0 Å². The summed E-state index contributed by atoms with van der Waals surface area (Å²) in [5.41, 5.74) is 3.02. The predicted octanol–water partition coefficient (Wildman–Crippen LogP) is 4.76. The first-order valence-corrected chi connectivity index (χ1v) is 14.0. The van der Waals surface area contributed by atoms with Crippen LogP contribution in [0.25, 0.3) is 0 Å². The van der Waals surface area contributed by atoms with Gasteiger partial charge in [-0.15, -0.1) is 0 Å². The SMILES string of the molecule is CC(=O)c1cccc(N(CC(=O)Nc2ccc(C34CC5CC(CC(C5)C3)C4)cc2)S(C)(=O)=O)c1. The van der Waals surface area contributed by atoms with E-state index in [-0.39, 0.29) is 12.3 Å². The van der Waals surface area contributed by atoms with E-state index in [1.165, 1.54) is 57.1 Å². The molecule has 4 aliphatic rings. The highest BCUT2D eigenvalue weighted by Gasteiger charge is 2.51. The van der Waals surface area contributed by atoms with Crippen molar-refractivity contribution < 1.29 is 18.0 Å². The standard InChI is InChI=1S/C27H32N2O4S/c1-18(30)22-4-3-5-25(13-22)29(34(2,32)33)17-26(31)28-24-8-6-23(7-9-24)27-14-19-10-20(15-27)12-21(11-19)16-27/h3-9,13,19-21H,10-12,14-17H2,1-2H3,(H,28,31).